The molecule has 0 saturated heterocycles. The lowest BCUT2D eigenvalue weighted by Crippen LogP contribution is -2.12. The van der Waals surface area contributed by atoms with E-state index in [-0.39, 0.29) is 27.9 Å². The van der Waals surface area contributed by atoms with Crippen LogP contribution in [-0.4, -0.2) is 35.8 Å². The number of halogens is 2. The van der Waals surface area contributed by atoms with E-state index in [0.717, 1.165) is 10.7 Å². The third-order valence-electron chi connectivity index (χ3n) is 3.51. The van der Waals surface area contributed by atoms with Gasteiger partial charge >= 0.3 is 5.97 Å². The summed E-state index contributed by atoms with van der Waals surface area (Å²) in [6.07, 6.45) is 1.22. The zero-order valence-electron chi connectivity index (χ0n) is 14.0. The van der Waals surface area contributed by atoms with Crippen LogP contribution in [-0.2, 0) is 14.6 Å². The van der Waals surface area contributed by atoms with E-state index in [4.69, 9.17) is 4.74 Å². The smallest absolute Gasteiger partial charge is 0.358 e. The molecule has 0 radical (unpaired) electrons. The first-order chi connectivity index (χ1) is 12.8. The van der Waals surface area contributed by atoms with Gasteiger partial charge in [-0.15, -0.1) is 0 Å². The highest BCUT2D eigenvalue weighted by atomic mass is 79.9. The molecule has 0 aliphatic heterocycles. The molecule has 0 aliphatic carbocycles. The lowest BCUT2D eigenvalue weighted by Gasteiger charge is -2.09. The molecule has 2 aromatic heterocycles. The summed E-state index contributed by atoms with van der Waals surface area (Å²) in [5, 5.41) is 3.57. The predicted molar refractivity (Wildman–Crippen MR) is 96.9 cm³/mol. The first kappa shape index (κ1) is 19.2. The van der Waals surface area contributed by atoms with Crippen molar-refractivity contribution in [3.8, 4) is 5.69 Å². The minimum Gasteiger partial charge on any atom is -0.461 e. The Bertz CT molecular complexity index is 1110. The van der Waals surface area contributed by atoms with Crippen molar-refractivity contribution in [1.82, 2.24) is 14.8 Å². The van der Waals surface area contributed by atoms with Crippen LogP contribution in [0.5, 0.6) is 0 Å². The molecule has 7 nitrogen and oxygen atoms in total. The molecule has 0 spiro atoms. The first-order valence-electron chi connectivity index (χ1n) is 7.73. The number of ether oxygens (including phenoxy) is 1. The van der Waals surface area contributed by atoms with Crippen LogP contribution in [0, 0.1) is 5.95 Å². The maximum absolute atomic E-state index is 14.2. The zero-order chi connectivity index (χ0) is 19.6. The Kier molecular flexibility index (Phi) is 5.38. The second kappa shape index (κ2) is 7.57. The van der Waals surface area contributed by atoms with Crippen LogP contribution in [0.3, 0.4) is 0 Å². The highest BCUT2D eigenvalue weighted by Gasteiger charge is 2.28. The molecule has 0 fully saturated rings. The number of hydrogen-bond acceptors (Lipinski definition) is 6. The molecule has 140 valence electrons. The van der Waals surface area contributed by atoms with E-state index in [9.17, 15) is 17.6 Å². The van der Waals surface area contributed by atoms with Crippen molar-refractivity contribution in [1.29, 1.82) is 0 Å². The van der Waals surface area contributed by atoms with Gasteiger partial charge < -0.3 is 4.74 Å². The second-order valence-electron chi connectivity index (χ2n) is 5.27. The average Bonchev–Trinajstić information content (AvgIpc) is 3.08. The van der Waals surface area contributed by atoms with E-state index in [0.29, 0.717) is 4.47 Å². The summed E-state index contributed by atoms with van der Waals surface area (Å²) in [6, 6.07) is 9.80. The summed E-state index contributed by atoms with van der Waals surface area (Å²) < 4.78 is 46.7. The van der Waals surface area contributed by atoms with Crippen molar-refractivity contribution in [3.63, 3.8) is 0 Å². The standard InChI is InChI=1S/C17H13BrFN3O4S/c1-2-26-17(23)13-10-15(22(21-13)14-7-4-8-20-16(14)19)27(24,25)12-6-3-5-11(18)9-12/h3-10H,2H2,1H3. The lowest BCUT2D eigenvalue weighted by atomic mass is 10.4. The molecule has 0 atom stereocenters. The normalized spacial score (nSPS) is 11.4. The topological polar surface area (TPSA) is 91.2 Å². The fourth-order valence-corrected chi connectivity index (χ4v) is 4.29. The van der Waals surface area contributed by atoms with Gasteiger partial charge in [0.2, 0.25) is 15.8 Å². The fraction of sp³-hybridized carbons (Fsp3) is 0.118. The van der Waals surface area contributed by atoms with Crippen molar-refractivity contribution in [2.24, 2.45) is 0 Å². The van der Waals surface area contributed by atoms with Crippen molar-refractivity contribution < 1.29 is 22.3 Å². The van der Waals surface area contributed by atoms with Crippen molar-refractivity contribution in [3.05, 3.63) is 64.8 Å². The summed E-state index contributed by atoms with van der Waals surface area (Å²) in [7, 11) is -4.12. The van der Waals surface area contributed by atoms with Gasteiger partial charge in [0.1, 0.15) is 5.69 Å². The van der Waals surface area contributed by atoms with E-state index in [1.54, 1.807) is 19.1 Å². The van der Waals surface area contributed by atoms with Crippen molar-refractivity contribution in [2.45, 2.75) is 16.8 Å². The number of pyridine rings is 1. The van der Waals surface area contributed by atoms with Gasteiger partial charge in [-0.1, -0.05) is 22.0 Å². The van der Waals surface area contributed by atoms with Gasteiger partial charge in [-0.2, -0.15) is 9.49 Å². The van der Waals surface area contributed by atoms with E-state index in [1.165, 1.54) is 30.5 Å². The van der Waals surface area contributed by atoms with Crippen LogP contribution in [0.4, 0.5) is 4.39 Å². The Morgan fingerprint density at radius 3 is 2.70 bits per heavy atom. The van der Waals surface area contributed by atoms with Gasteiger partial charge in [0.05, 0.1) is 11.5 Å². The predicted octanol–water partition coefficient (Wildman–Crippen LogP) is 3.18. The van der Waals surface area contributed by atoms with Gasteiger partial charge in [-0.3, -0.25) is 0 Å². The monoisotopic (exact) mass is 453 g/mol. The molecule has 27 heavy (non-hydrogen) atoms. The Balaban J connectivity index is 2.25. The Morgan fingerprint density at radius 2 is 2.04 bits per heavy atom. The van der Waals surface area contributed by atoms with Crippen LogP contribution in [0.15, 0.2) is 63.1 Å². The maximum atomic E-state index is 14.2. The molecule has 0 amide bonds. The van der Waals surface area contributed by atoms with E-state index < -0.39 is 21.8 Å². The summed E-state index contributed by atoms with van der Waals surface area (Å²) in [5.41, 5.74) is -0.463. The Labute approximate surface area is 162 Å². The third-order valence-corrected chi connectivity index (χ3v) is 5.72. The van der Waals surface area contributed by atoms with Crippen LogP contribution < -0.4 is 0 Å². The summed E-state index contributed by atoms with van der Waals surface area (Å²) >= 11 is 3.22. The number of benzene rings is 1. The number of nitrogens with zero attached hydrogens (tertiary/aromatic N) is 3. The molecule has 3 rings (SSSR count). The molecule has 0 N–H and O–H groups in total. The number of hydrogen-bond donors (Lipinski definition) is 0. The number of sulfone groups is 1. The van der Waals surface area contributed by atoms with Crippen molar-refractivity contribution in [2.75, 3.05) is 6.61 Å². The molecule has 0 aliphatic rings. The number of carbonyl (C=O) groups is 1. The molecule has 1 aromatic carbocycles. The summed E-state index contributed by atoms with van der Waals surface area (Å²) in [5.74, 6) is -1.74. The van der Waals surface area contributed by atoms with E-state index in [1.807, 2.05) is 0 Å². The second-order valence-corrected chi connectivity index (χ2v) is 8.09. The summed E-state index contributed by atoms with van der Waals surface area (Å²) in [6.45, 7) is 1.69. The van der Waals surface area contributed by atoms with Crippen LogP contribution in [0.1, 0.15) is 17.4 Å². The minimum absolute atomic E-state index is 0.0438. The zero-order valence-corrected chi connectivity index (χ0v) is 16.4. The molecule has 0 saturated carbocycles. The van der Waals surface area contributed by atoms with Crippen LogP contribution in [0.25, 0.3) is 5.69 Å². The van der Waals surface area contributed by atoms with Gasteiger partial charge in [-0.25, -0.2) is 22.9 Å². The molecule has 10 heteroatoms. The summed E-state index contributed by atoms with van der Waals surface area (Å²) in [4.78, 5) is 15.5. The van der Waals surface area contributed by atoms with E-state index in [2.05, 4.69) is 26.0 Å². The number of rotatable bonds is 5. The Hall–Kier alpha value is -2.59. The average molecular weight is 454 g/mol. The molecule has 2 heterocycles. The third kappa shape index (κ3) is 3.76. The van der Waals surface area contributed by atoms with Gasteiger partial charge in [0.15, 0.2) is 10.7 Å². The molecule has 0 unspecified atom stereocenters. The van der Waals surface area contributed by atoms with Crippen LogP contribution >= 0.6 is 15.9 Å². The number of esters is 1. The van der Waals surface area contributed by atoms with Gasteiger partial charge in [-0.05, 0) is 37.3 Å². The van der Waals surface area contributed by atoms with E-state index >= 15 is 0 Å². The van der Waals surface area contributed by atoms with Crippen LogP contribution in [0.2, 0.25) is 0 Å². The minimum atomic E-state index is -4.12. The van der Waals surface area contributed by atoms with Gasteiger partial charge in [0, 0.05) is 16.7 Å². The first-order valence-corrected chi connectivity index (χ1v) is 10.0. The molecule has 0 bridgehead atoms. The Morgan fingerprint density at radius 1 is 1.26 bits per heavy atom. The van der Waals surface area contributed by atoms with Gasteiger partial charge in [0.25, 0.3) is 0 Å². The maximum Gasteiger partial charge on any atom is 0.358 e. The number of aromatic nitrogens is 3. The molecule has 3 aromatic rings. The largest absolute Gasteiger partial charge is 0.461 e. The fourth-order valence-electron chi connectivity index (χ4n) is 2.32. The quantitative estimate of drug-likeness (QED) is 0.435. The highest BCUT2D eigenvalue weighted by Crippen LogP contribution is 2.27. The molecular formula is C17H13BrFN3O4S. The molecular weight excluding hydrogens is 441 g/mol. The lowest BCUT2D eigenvalue weighted by molar-refractivity contribution is 0.0519. The number of carbonyl (C=O) groups excluding carboxylic acids is 1. The highest BCUT2D eigenvalue weighted by molar-refractivity contribution is 9.10. The van der Waals surface area contributed by atoms with Crippen molar-refractivity contribution >= 4 is 31.7 Å². The SMILES string of the molecule is CCOC(=O)c1cc(S(=O)(=O)c2cccc(Br)c2)n(-c2cccnc2F)n1.